The summed E-state index contributed by atoms with van der Waals surface area (Å²) in [5.41, 5.74) is 0. The highest BCUT2D eigenvalue weighted by Gasteiger charge is 2.08. The number of hydrogen-bond acceptors (Lipinski definition) is 2. The minimum atomic E-state index is -0.189. The lowest BCUT2D eigenvalue weighted by Gasteiger charge is -2.03. The monoisotopic (exact) mass is 154 g/mol. The normalized spacial score (nSPS) is 12.9. The molecular formula is C9H14O2. The van der Waals surface area contributed by atoms with E-state index < -0.39 is 0 Å². The molecule has 0 N–H and O–H groups in total. The van der Waals surface area contributed by atoms with Crippen LogP contribution in [-0.2, 0) is 9.53 Å². The molecule has 0 spiro atoms. The summed E-state index contributed by atoms with van der Waals surface area (Å²) in [7, 11) is 0. The van der Waals surface area contributed by atoms with Crippen molar-refractivity contribution in [1.29, 1.82) is 0 Å². The number of allylic oxidation sites excluding steroid dienone is 2. The maximum Gasteiger partial charge on any atom is 0.312 e. The maximum atomic E-state index is 10.9. The van der Waals surface area contributed by atoms with Crippen molar-refractivity contribution < 1.29 is 9.53 Å². The first-order valence-corrected chi connectivity index (χ1v) is 3.68. The molecule has 2 heteroatoms. The fourth-order valence-electron chi connectivity index (χ4n) is 0.598. The number of hydrogen-bond donors (Lipinski definition) is 0. The highest BCUT2D eigenvalue weighted by atomic mass is 16.5. The molecule has 2 nitrogen and oxygen atoms in total. The van der Waals surface area contributed by atoms with Gasteiger partial charge in [-0.25, -0.2) is 0 Å². The summed E-state index contributed by atoms with van der Waals surface area (Å²) in [6, 6.07) is 0. The van der Waals surface area contributed by atoms with Crippen LogP contribution in [0.4, 0.5) is 0 Å². The van der Waals surface area contributed by atoms with Crippen LogP contribution in [0.2, 0.25) is 0 Å². The third kappa shape index (κ3) is 4.37. The summed E-state index contributed by atoms with van der Waals surface area (Å²) >= 11 is 0. The van der Waals surface area contributed by atoms with Gasteiger partial charge in [0.2, 0.25) is 0 Å². The van der Waals surface area contributed by atoms with Gasteiger partial charge >= 0.3 is 5.97 Å². The zero-order valence-corrected chi connectivity index (χ0v) is 7.04. The second kappa shape index (κ2) is 5.71. The Labute approximate surface area is 67.6 Å². The maximum absolute atomic E-state index is 10.9. The number of esters is 1. The van der Waals surface area contributed by atoms with Gasteiger partial charge < -0.3 is 4.74 Å². The van der Waals surface area contributed by atoms with Crippen LogP contribution in [0.15, 0.2) is 24.8 Å². The van der Waals surface area contributed by atoms with Gasteiger partial charge in [0.05, 0.1) is 12.5 Å². The molecule has 0 saturated heterocycles. The van der Waals surface area contributed by atoms with Crippen molar-refractivity contribution in [3.05, 3.63) is 24.8 Å². The zero-order valence-electron chi connectivity index (χ0n) is 7.04. The third-order valence-corrected chi connectivity index (χ3v) is 1.19. The minimum Gasteiger partial charge on any atom is -0.466 e. The fraction of sp³-hybridized carbons (Fsp3) is 0.444. The lowest BCUT2D eigenvalue weighted by atomic mass is 10.2. The predicted molar refractivity (Wildman–Crippen MR) is 45.1 cm³/mol. The molecule has 0 aliphatic heterocycles. The largest absolute Gasteiger partial charge is 0.466 e. The summed E-state index contributed by atoms with van der Waals surface area (Å²) in [6.07, 6.45) is 5.13. The average molecular weight is 154 g/mol. The van der Waals surface area contributed by atoms with Crippen molar-refractivity contribution in [1.82, 2.24) is 0 Å². The fourth-order valence-corrected chi connectivity index (χ4v) is 0.598. The van der Waals surface area contributed by atoms with Gasteiger partial charge in [0.15, 0.2) is 0 Å². The quantitative estimate of drug-likeness (QED) is 0.457. The Morgan fingerprint density at radius 2 is 2.36 bits per heavy atom. The predicted octanol–water partition coefficient (Wildman–Crippen LogP) is 1.93. The van der Waals surface area contributed by atoms with E-state index >= 15 is 0 Å². The molecule has 1 atom stereocenters. The molecule has 0 aliphatic carbocycles. The van der Waals surface area contributed by atoms with Crippen LogP contribution in [0.25, 0.3) is 0 Å². The van der Waals surface area contributed by atoms with Gasteiger partial charge in [-0.1, -0.05) is 24.8 Å². The van der Waals surface area contributed by atoms with Gasteiger partial charge in [0, 0.05) is 0 Å². The van der Waals surface area contributed by atoms with Crippen molar-refractivity contribution >= 4 is 5.97 Å². The Bertz CT molecular complexity index is 159. The first-order valence-electron chi connectivity index (χ1n) is 3.68. The lowest BCUT2D eigenvalue weighted by molar-refractivity contribution is -0.145. The van der Waals surface area contributed by atoms with Crippen LogP contribution in [0.3, 0.4) is 0 Å². The first kappa shape index (κ1) is 9.95. The van der Waals surface area contributed by atoms with Crippen LogP contribution in [0, 0.1) is 5.92 Å². The second-order valence-electron chi connectivity index (χ2n) is 2.16. The van der Waals surface area contributed by atoms with E-state index in [1.165, 1.54) is 0 Å². The summed E-state index contributed by atoms with van der Waals surface area (Å²) in [5, 5.41) is 0. The van der Waals surface area contributed by atoms with E-state index in [1.807, 2.05) is 0 Å². The Kier molecular flexibility index (Phi) is 5.17. The molecule has 0 aromatic carbocycles. The molecule has 62 valence electrons. The van der Waals surface area contributed by atoms with E-state index in [1.54, 1.807) is 32.1 Å². The molecule has 0 amide bonds. The topological polar surface area (TPSA) is 26.3 Å². The van der Waals surface area contributed by atoms with E-state index in [0.717, 1.165) is 0 Å². The van der Waals surface area contributed by atoms with E-state index in [0.29, 0.717) is 6.61 Å². The Hall–Kier alpha value is -1.05. The highest BCUT2D eigenvalue weighted by Crippen LogP contribution is 2.00. The van der Waals surface area contributed by atoms with Gasteiger partial charge in [-0.3, -0.25) is 4.79 Å². The molecule has 0 radical (unpaired) electrons. The van der Waals surface area contributed by atoms with E-state index in [-0.39, 0.29) is 11.9 Å². The van der Waals surface area contributed by atoms with Crippen molar-refractivity contribution in [3.8, 4) is 0 Å². The summed E-state index contributed by atoms with van der Waals surface area (Å²) < 4.78 is 4.78. The lowest BCUT2D eigenvalue weighted by Crippen LogP contribution is -2.12. The Morgan fingerprint density at radius 3 is 2.82 bits per heavy atom. The van der Waals surface area contributed by atoms with Gasteiger partial charge in [-0.05, 0) is 13.8 Å². The van der Waals surface area contributed by atoms with E-state index in [2.05, 4.69) is 6.58 Å². The third-order valence-electron chi connectivity index (χ3n) is 1.19. The minimum absolute atomic E-state index is 0.173. The molecule has 11 heavy (non-hydrogen) atoms. The van der Waals surface area contributed by atoms with Crippen LogP contribution >= 0.6 is 0 Å². The molecule has 0 fully saturated rings. The van der Waals surface area contributed by atoms with Crippen LogP contribution in [-0.4, -0.2) is 12.6 Å². The van der Waals surface area contributed by atoms with Crippen LogP contribution in [0.5, 0.6) is 0 Å². The number of rotatable bonds is 4. The Balaban J connectivity index is 3.81. The van der Waals surface area contributed by atoms with Crippen molar-refractivity contribution in [3.63, 3.8) is 0 Å². The number of carbonyl (C=O) groups is 1. The molecule has 0 bridgehead atoms. The summed E-state index contributed by atoms with van der Waals surface area (Å²) in [4.78, 5) is 10.9. The van der Waals surface area contributed by atoms with Gasteiger partial charge in [-0.15, -0.1) is 0 Å². The SMILES string of the molecule is C=C/C=C/C(C)C(=O)OCC. The van der Waals surface area contributed by atoms with Crippen molar-refractivity contribution in [2.75, 3.05) is 6.61 Å². The molecule has 0 saturated carbocycles. The van der Waals surface area contributed by atoms with Gasteiger partial charge in [0.25, 0.3) is 0 Å². The average Bonchev–Trinajstić information content (AvgIpc) is 2.00. The van der Waals surface area contributed by atoms with Crippen molar-refractivity contribution in [2.45, 2.75) is 13.8 Å². The molecule has 0 aromatic heterocycles. The van der Waals surface area contributed by atoms with Gasteiger partial charge in [0.1, 0.15) is 0 Å². The molecule has 0 aliphatic rings. The second-order valence-corrected chi connectivity index (χ2v) is 2.16. The molecular weight excluding hydrogens is 140 g/mol. The van der Waals surface area contributed by atoms with Crippen molar-refractivity contribution in [2.24, 2.45) is 5.92 Å². The zero-order chi connectivity index (χ0) is 8.69. The Morgan fingerprint density at radius 1 is 1.73 bits per heavy atom. The summed E-state index contributed by atoms with van der Waals surface area (Å²) in [5.74, 6) is -0.362. The number of carbonyl (C=O) groups excluding carboxylic acids is 1. The summed E-state index contributed by atoms with van der Waals surface area (Å²) in [6.45, 7) is 7.52. The van der Waals surface area contributed by atoms with Gasteiger partial charge in [-0.2, -0.15) is 0 Å². The first-order chi connectivity index (χ1) is 5.22. The van der Waals surface area contributed by atoms with E-state index in [9.17, 15) is 4.79 Å². The standard InChI is InChI=1S/C9H14O2/c1-4-6-7-8(3)9(10)11-5-2/h4,6-8H,1,5H2,2-3H3/b7-6+. The molecule has 0 rings (SSSR count). The number of ether oxygens (including phenoxy) is 1. The molecule has 0 aromatic rings. The smallest absolute Gasteiger partial charge is 0.312 e. The van der Waals surface area contributed by atoms with Crippen LogP contribution < -0.4 is 0 Å². The molecule has 0 heterocycles. The highest BCUT2D eigenvalue weighted by molar-refractivity contribution is 5.73. The molecule has 1 unspecified atom stereocenters. The van der Waals surface area contributed by atoms with E-state index in [4.69, 9.17) is 4.74 Å². The van der Waals surface area contributed by atoms with Crippen LogP contribution in [0.1, 0.15) is 13.8 Å².